The van der Waals surface area contributed by atoms with E-state index in [2.05, 4.69) is 21.2 Å². The molecule has 2 aromatic rings. The topological polar surface area (TPSA) is 54.3 Å². The average molecular weight is 364 g/mol. The summed E-state index contributed by atoms with van der Waals surface area (Å²) in [4.78, 5) is 26.0. The van der Waals surface area contributed by atoms with E-state index in [0.717, 1.165) is 28.2 Å². The molecule has 1 aromatic carbocycles. The van der Waals surface area contributed by atoms with Gasteiger partial charge in [-0.15, -0.1) is 0 Å². The van der Waals surface area contributed by atoms with Crippen LogP contribution in [0.3, 0.4) is 0 Å². The lowest BCUT2D eigenvalue weighted by atomic mass is 10.2. The number of aromatic nitrogens is 1. The first-order chi connectivity index (χ1) is 10.5. The van der Waals surface area contributed by atoms with Crippen LogP contribution in [0, 0.1) is 0 Å². The number of halogens is 1. The van der Waals surface area contributed by atoms with Crippen LogP contribution >= 0.6 is 15.9 Å². The Balaban J connectivity index is 1.83. The summed E-state index contributed by atoms with van der Waals surface area (Å²) >= 11 is 3.52. The Morgan fingerprint density at radius 1 is 1.36 bits per heavy atom. The summed E-state index contributed by atoms with van der Waals surface area (Å²) in [6.45, 7) is 0.0727. The fourth-order valence-corrected chi connectivity index (χ4v) is 3.32. The van der Waals surface area contributed by atoms with Crippen LogP contribution in [0.25, 0.3) is 10.9 Å². The summed E-state index contributed by atoms with van der Waals surface area (Å²) in [7, 11) is 3.51. The summed E-state index contributed by atoms with van der Waals surface area (Å²) in [6, 6.07) is 8.12. The van der Waals surface area contributed by atoms with Crippen molar-refractivity contribution in [3.05, 3.63) is 34.4 Å². The van der Waals surface area contributed by atoms with Gasteiger partial charge in [0, 0.05) is 31.0 Å². The van der Waals surface area contributed by atoms with Gasteiger partial charge in [-0.3, -0.25) is 9.59 Å². The van der Waals surface area contributed by atoms with Gasteiger partial charge in [-0.05, 0) is 34.8 Å². The molecule has 0 radical (unpaired) electrons. The minimum Gasteiger partial charge on any atom is -0.352 e. The third-order valence-electron chi connectivity index (χ3n) is 3.92. The number of carbonyl (C=O) groups excluding carboxylic acids is 2. The lowest BCUT2D eigenvalue weighted by molar-refractivity contribution is -0.121. The molecule has 0 atom stereocenters. The van der Waals surface area contributed by atoms with Crippen LogP contribution < -0.4 is 5.32 Å². The van der Waals surface area contributed by atoms with Crippen molar-refractivity contribution in [1.29, 1.82) is 0 Å². The van der Waals surface area contributed by atoms with Crippen LogP contribution in [-0.2, 0) is 11.8 Å². The Hall–Kier alpha value is -1.82. The molecule has 1 heterocycles. The van der Waals surface area contributed by atoms with Crippen LogP contribution in [0.15, 0.2) is 28.7 Å². The quantitative estimate of drug-likeness (QED) is 0.905. The van der Waals surface area contributed by atoms with Crippen molar-refractivity contribution in [3.8, 4) is 0 Å². The maximum atomic E-state index is 12.7. The number of rotatable bonds is 4. The number of aryl methyl sites for hydroxylation is 1. The van der Waals surface area contributed by atoms with E-state index in [1.165, 1.54) is 4.90 Å². The van der Waals surface area contributed by atoms with Crippen molar-refractivity contribution < 1.29 is 9.59 Å². The molecule has 3 rings (SSSR count). The molecule has 22 heavy (non-hydrogen) atoms. The van der Waals surface area contributed by atoms with Crippen LogP contribution in [-0.4, -0.2) is 40.9 Å². The van der Waals surface area contributed by atoms with Crippen LogP contribution in [0.1, 0.15) is 23.3 Å². The molecule has 0 unspecified atom stereocenters. The highest BCUT2D eigenvalue weighted by Gasteiger charge is 2.26. The number of fused-ring (bicyclic) bond motifs is 1. The molecule has 116 valence electrons. The molecule has 6 heteroatoms. The van der Waals surface area contributed by atoms with E-state index in [9.17, 15) is 9.59 Å². The van der Waals surface area contributed by atoms with Gasteiger partial charge in [0.05, 0.1) is 11.0 Å². The fraction of sp³-hybridized carbons (Fsp3) is 0.375. The first-order valence-electron chi connectivity index (χ1n) is 7.26. The molecule has 0 aliphatic heterocycles. The van der Waals surface area contributed by atoms with Crippen molar-refractivity contribution in [2.75, 3.05) is 13.6 Å². The largest absolute Gasteiger partial charge is 0.352 e. The van der Waals surface area contributed by atoms with Gasteiger partial charge in [-0.2, -0.15) is 0 Å². The van der Waals surface area contributed by atoms with Crippen LogP contribution in [0.2, 0.25) is 0 Å². The summed E-state index contributed by atoms with van der Waals surface area (Å²) in [5, 5.41) is 3.89. The summed E-state index contributed by atoms with van der Waals surface area (Å²) in [6.07, 6.45) is 2.08. The smallest absolute Gasteiger partial charge is 0.271 e. The molecule has 1 aromatic heterocycles. The molecule has 2 amide bonds. The van der Waals surface area contributed by atoms with Crippen LogP contribution in [0.4, 0.5) is 0 Å². The van der Waals surface area contributed by atoms with Crippen molar-refractivity contribution in [3.63, 3.8) is 0 Å². The zero-order valence-corrected chi connectivity index (χ0v) is 14.2. The van der Waals surface area contributed by atoms with E-state index in [1.807, 2.05) is 35.9 Å². The van der Waals surface area contributed by atoms with Gasteiger partial charge < -0.3 is 14.8 Å². The van der Waals surface area contributed by atoms with Gasteiger partial charge in [0.15, 0.2) is 0 Å². The summed E-state index contributed by atoms with van der Waals surface area (Å²) < 4.78 is 2.63. The molecule has 0 spiro atoms. The second-order valence-corrected chi connectivity index (χ2v) is 6.53. The predicted molar refractivity (Wildman–Crippen MR) is 88.7 cm³/mol. The third-order valence-corrected chi connectivity index (χ3v) is 4.72. The number of nitrogens with zero attached hydrogens (tertiary/aromatic N) is 2. The van der Waals surface area contributed by atoms with E-state index >= 15 is 0 Å². The molecular formula is C16H18BrN3O2. The van der Waals surface area contributed by atoms with Crippen molar-refractivity contribution in [2.45, 2.75) is 18.9 Å². The van der Waals surface area contributed by atoms with Gasteiger partial charge in [-0.1, -0.05) is 18.2 Å². The van der Waals surface area contributed by atoms with E-state index in [1.54, 1.807) is 7.05 Å². The molecule has 1 N–H and O–H groups in total. The van der Waals surface area contributed by atoms with E-state index in [0.29, 0.717) is 11.7 Å². The monoisotopic (exact) mass is 363 g/mol. The Labute approximate surface area is 137 Å². The summed E-state index contributed by atoms with van der Waals surface area (Å²) in [5.74, 6) is -0.273. The maximum Gasteiger partial charge on any atom is 0.271 e. The Kier molecular flexibility index (Phi) is 3.95. The minimum atomic E-state index is -0.170. The van der Waals surface area contributed by atoms with Gasteiger partial charge >= 0.3 is 0 Å². The third kappa shape index (κ3) is 2.75. The second kappa shape index (κ2) is 5.76. The highest BCUT2D eigenvalue weighted by Crippen LogP contribution is 2.30. The van der Waals surface area contributed by atoms with Gasteiger partial charge in [0.2, 0.25) is 5.91 Å². The molecule has 1 aliphatic rings. The minimum absolute atomic E-state index is 0.0727. The number of carbonyl (C=O) groups is 2. The number of likely N-dealkylation sites (N-methyl/N-ethyl adjacent to an activating group) is 1. The normalized spacial score (nSPS) is 14.1. The number of nitrogens with one attached hydrogen (secondary N) is 1. The van der Waals surface area contributed by atoms with Crippen LogP contribution in [0.5, 0.6) is 0 Å². The first-order valence-corrected chi connectivity index (χ1v) is 8.06. The zero-order valence-electron chi connectivity index (χ0n) is 12.6. The highest BCUT2D eigenvalue weighted by atomic mass is 79.9. The van der Waals surface area contributed by atoms with E-state index in [-0.39, 0.29) is 18.4 Å². The van der Waals surface area contributed by atoms with Crippen molar-refractivity contribution >= 4 is 38.6 Å². The Morgan fingerprint density at radius 2 is 2.05 bits per heavy atom. The van der Waals surface area contributed by atoms with Crippen molar-refractivity contribution in [1.82, 2.24) is 14.8 Å². The molecule has 1 fully saturated rings. The zero-order chi connectivity index (χ0) is 15.9. The molecule has 1 saturated carbocycles. The highest BCUT2D eigenvalue weighted by molar-refractivity contribution is 9.10. The standard InChI is InChI=1S/C16H18BrN3O2/c1-19(9-13(21)18-10-7-8-10)16(22)15-14(17)11-5-3-4-6-12(11)20(15)2/h3-6,10H,7-9H2,1-2H3,(H,18,21). The second-order valence-electron chi connectivity index (χ2n) is 5.74. The Bertz CT molecular complexity index is 710. The molecule has 5 nitrogen and oxygen atoms in total. The lowest BCUT2D eigenvalue weighted by Gasteiger charge is -2.17. The number of hydrogen-bond acceptors (Lipinski definition) is 2. The maximum absolute atomic E-state index is 12.7. The number of hydrogen-bond donors (Lipinski definition) is 1. The van der Waals surface area contributed by atoms with Gasteiger partial charge in [0.25, 0.3) is 5.91 Å². The van der Waals surface area contributed by atoms with E-state index < -0.39 is 0 Å². The van der Waals surface area contributed by atoms with Gasteiger partial charge in [0.1, 0.15) is 5.69 Å². The van der Waals surface area contributed by atoms with Crippen molar-refractivity contribution in [2.24, 2.45) is 7.05 Å². The number of benzene rings is 1. The summed E-state index contributed by atoms with van der Waals surface area (Å²) in [5.41, 5.74) is 1.54. The average Bonchev–Trinajstić information content (AvgIpc) is 3.26. The number of amides is 2. The lowest BCUT2D eigenvalue weighted by Crippen LogP contribution is -2.39. The van der Waals surface area contributed by atoms with Gasteiger partial charge in [-0.25, -0.2) is 0 Å². The SMILES string of the molecule is CN(CC(=O)NC1CC1)C(=O)c1c(Br)c2ccccc2n1C. The van der Waals surface area contributed by atoms with E-state index in [4.69, 9.17) is 0 Å². The molecule has 0 saturated heterocycles. The predicted octanol–water partition coefficient (Wildman–Crippen LogP) is 2.29. The molecular weight excluding hydrogens is 346 g/mol. The fourth-order valence-electron chi connectivity index (χ4n) is 2.55. The molecule has 0 bridgehead atoms. The number of para-hydroxylation sites is 1. The Morgan fingerprint density at radius 3 is 2.68 bits per heavy atom. The molecule has 1 aliphatic carbocycles. The first kappa shape index (κ1) is 15.1.